The van der Waals surface area contributed by atoms with E-state index >= 15 is 0 Å². The van der Waals surface area contributed by atoms with Crippen LogP contribution in [0.25, 0.3) is 0 Å². The summed E-state index contributed by atoms with van der Waals surface area (Å²) in [6, 6.07) is 10.9. The largest absolute Gasteiger partial charge is 0.454 e. The van der Waals surface area contributed by atoms with Gasteiger partial charge in [-0.1, -0.05) is 18.2 Å². The van der Waals surface area contributed by atoms with Crippen LogP contribution in [0.4, 0.5) is 5.69 Å². The lowest BCUT2D eigenvalue weighted by molar-refractivity contribution is -0.122. The summed E-state index contributed by atoms with van der Waals surface area (Å²) in [5.41, 5.74) is 5.83. The third-order valence-corrected chi connectivity index (χ3v) is 6.73. The first kappa shape index (κ1) is 17.3. The summed E-state index contributed by atoms with van der Waals surface area (Å²) < 4.78 is 37.3. The van der Waals surface area contributed by atoms with Gasteiger partial charge in [0.2, 0.25) is 18.6 Å². The van der Waals surface area contributed by atoms with Crippen molar-refractivity contribution >= 4 is 27.3 Å². The molecule has 0 aliphatic carbocycles. The van der Waals surface area contributed by atoms with Gasteiger partial charge in [0.05, 0.1) is 15.8 Å². The first-order valence-corrected chi connectivity index (χ1v) is 9.73. The van der Waals surface area contributed by atoms with Gasteiger partial charge in [-0.15, -0.1) is 0 Å². The lowest BCUT2D eigenvalue weighted by atomic mass is 10.1. The highest BCUT2D eigenvalue weighted by Gasteiger charge is 2.40. The predicted octanol–water partition coefficient (Wildman–Crippen LogP) is 1.15. The summed E-state index contributed by atoms with van der Waals surface area (Å²) >= 11 is 0. The monoisotopic (exact) mass is 388 g/mol. The molecule has 2 N–H and O–H groups in total. The molecule has 2 heterocycles. The molecule has 2 aromatic carbocycles. The van der Waals surface area contributed by atoms with Gasteiger partial charge in [-0.25, -0.2) is 8.42 Å². The number of anilines is 1. The molecule has 2 aliphatic rings. The second kappa shape index (κ2) is 6.27. The van der Waals surface area contributed by atoms with E-state index in [0.29, 0.717) is 17.1 Å². The Labute approximate surface area is 155 Å². The van der Waals surface area contributed by atoms with E-state index in [9.17, 15) is 18.0 Å². The third kappa shape index (κ3) is 2.89. The standard InChI is InChI=1S/C18H16N2O6S/c19-17(21)9-20-12-3-1-2-4-15(12)27(23,24)16(8-18(20)22)11-5-6-13-14(7-11)26-10-25-13/h1-7,16H,8-10H2,(H2,19,21). The lowest BCUT2D eigenvalue weighted by Crippen LogP contribution is -2.38. The van der Waals surface area contributed by atoms with Gasteiger partial charge >= 0.3 is 0 Å². The molecule has 0 aromatic heterocycles. The van der Waals surface area contributed by atoms with E-state index in [4.69, 9.17) is 15.2 Å². The molecule has 1 unspecified atom stereocenters. The summed E-state index contributed by atoms with van der Waals surface area (Å²) in [4.78, 5) is 25.4. The molecule has 2 aliphatic heterocycles. The van der Waals surface area contributed by atoms with Gasteiger partial charge in [-0.2, -0.15) is 0 Å². The minimum absolute atomic E-state index is 0.0141. The van der Waals surface area contributed by atoms with E-state index in [-0.39, 0.29) is 30.3 Å². The molecule has 140 valence electrons. The number of sulfone groups is 1. The summed E-state index contributed by atoms with van der Waals surface area (Å²) in [6.07, 6.45) is -0.316. The molecule has 0 fully saturated rings. The minimum Gasteiger partial charge on any atom is -0.454 e. The highest BCUT2D eigenvalue weighted by atomic mass is 32.2. The maximum Gasteiger partial charge on any atom is 0.237 e. The van der Waals surface area contributed by atoms with Crippen LogP contribution in [0.1, 0.15) is 17.2 Å². The second-order valence-corrected chi connectivity index (χ2v) is 8.36. The number of carbonyl (C=O) groups is 2. The molecule has 0 bridgehead atoms. The molecule has 27 heavy (non-hydrogen) atoms. The number of carbonyl (C=O) groups excluding carboxylic acids is 2. The fraction of sp³-hybridized carbons (Fsp3) is 0.222. The van der Waals surface area contributed by atoms with Crippen LogP contribution in [0.2, 0.25) is 0 Å². The minimum atomic E-state index is -3.90. The van der Waals surface area contributed by atoms with E-state index in [1.165, 1.54) is 12.1 Å². The molecule has 8 nitrogen and oxygen atoms in total. The number of hydrogen-bond donors (Lipinski definition) is 1. The Morgan fingerprint density at radius 1 is 1.15 bits per heavy atom. The van der Waals surface area contributed by atoms with Crippen molar-refractivity contribution in [3.8, 4) is 11.5 Å². The van der Waals surface area contributed by atoms with Crippen molar-refractivity contribution in [2.45, 2.75) is 16.6 Å². The Morgan fingerprint density at radius 2 is 1.89 bits per heavy atom. The van der Waals surface area contributed by atoms with Gasteiger partial charge in [-0.05, 0) is 29.8 Å². The average Bonchev–Trinajstić information content (AvgIpc) is 3.08. The van der Waals surface area contributed by atoms with Crippen LogP contribution in [0.15, 0.2) is 47.4 Å². The van der Waals surface area contributed by atoms with Crippen molar-refractivity contribution < 1.29 is 27.5 Å². The van der Waals surface area contributed by atoms with E-state index in [0.717, 1.165) is 4.90 Å². The molecule has 0 radical (unpaired) electrons. The third-order valence-electron chi connectivity index (χ3n) is 4.58. The maximum absolute atomic E-state index is 13.3. The number of para-hydroxylation sites is 1. The quantitative estimate of drug-likeness (QED) is 0.843. The van der Waals surface area contributed by atoms with Crippen LogP contribution in [0, 0.1) is 0 Å². The number of nitrogens with zero attached hydrogens (tertiary/aromatic N) is 1. The second-order valence-electron chi connectivity index (χ2n) is 6.26. The topological polar surface area (TPSA) is 116 Å². The van der Waals surface area contributed by atoms with E-state index in [1.54, 1.807) is 30.3 Å². The number of amides is 2. The summed E-state index contributed by atoms with van der Waals surface area (Å²) in [5, 5.41) is -1.11. The molecular weight excluding hydrogens is 372 g/mol. The van der Waals surface area contributed by atoms with Gasteiger partial charge in [0.1, 0.15) is 6.54 Å². The van der Waals surface area contributed by atoms with Crippen molar-refractivity contribution in [3.05, 3.63) is 48.0 Å². The SMILES string of the molecule is NC(=O)CN1C(=O)CC(c2ccc3c(c2)OCO3)S(=O)(=O)c2ccccc21. The van der Waals surface area contributed by atoms with Crippen molar-refractivity contribution in [1.29, 1.82) is 0 Å². The number of hydrogen-bond acceptors (Lipinski definition) is 6. The number of nitrogens with two attached hydrogens (primary N) is 1. The van der Waals surface area contributed by atoms with Gasteiger partial charge < -0.3 is 20.1 Å². The molecule has 2 aromatic rings. The van der Waals surface area contributed by atoms with E-state index in [1.807, 2.05) is 0 Å². The van der Waals surface area contributed by atoms with Crippen LogP contribution >= 0.6 is 0 Å². The van der Waals surface area contributed by atoms with Crippen LogP contribution in [0.5, 0.6) is 11.5 Å². The molecule has 0 saturated heterocycles. The fourth-order valence-corrected chi connectivity index (χ4v) is 5.24. The van der Waals surface area contributed by atoms with Crippen LogP contribution in [0.3, 0.4) is 0 Å². The first-order chi connectivity index (χ1) is 12.9. The molecular formula is C18H16N2O6S. The van der Waals surface area contributed by atoms with E-state index in [2.05, 4.69) is 0 Å². The molecule has 0 spiro atoms. The molecule has 9 heteroatoms. The van der Waals surface area contributed by atoms with Crippen molar-refractivity contribution in [1.82, 2.24) is 0 Å². The molecule has 4 rings (SSSR count). The summed E-state index contributed by atoms with van der Waals surface area (Å²) in [7, 11) is -3.90. The van der Waals surface area contributed by atoms with Crippen LogP contribution < -0.4 is 20.1 Å². The number of primary amides is 1. The lowest BCUT2D eigenvalue weighted by Gasteiger charge is -2.20. The first-order valence-electron chi connectivity index (χ1n) is 8.19. The zero-order valence-corrected chi connectivity index (χ0v) is 14.9. The Hall–Kier alpha value is -3.07. The van der Waals surface area contributed by atoms with Crippen LogP contribution in [-0.2, 0) is 19.4 Å². The van der Waals surface area contributed by atoms with Gasteiger partial charge in [0.25, 0.3) is 0 Å². The highest BCUT2D eigenvalue weighted by Crippen LogP contribution is 2.43. The Bertz CT molecular complexity index is 1050. The summed E-state index contributed by atoms with van der Waals surface area (Å²) in [6.45, 7) is -0.330. The number of rotatable bonds is 3. The average molecular weight is 388 g/mol. The smallest absolute Gasteiger partial charge is 0.237 e. The number of benzene rings is 2. The van der Waals surface area contributed by atoms with Crippen molar-refractivity contribution in [2.24, 2.45) is 5.73 Å². The fourth-order valence-electron chi connectivity index (χ4n) is 3.33. The number of fused-ring (bicyclic) bond motifs is 2. The van der Waals surface area contributed by atoms with Gasteiger partial charge in [0, 0.05) is 6.42 Å². The molecule has 1 atom stereocenters. The zero-order chi connectivity index (χ0) is 19.2. The molecule has 2 amide bonds. The normalized spacial score (nSPS) is 20.1. The van der Waals surface area contributed by atoms with Crippen molar-refractivity contribution in [2.75, 3.05) is 18.2 Å². The summed E-state index contributed by atoms with van der Waals surface area (Å²) in [5.74, 6) is -0.268. The number of ether oxygens (including phenoxy) is 2. The van der Waals surface area contributed by atoms with E-state index < -0.39 is 26.9 Å². The van der Waals surface area contributed by atoms with Crippen LogP contribution in [-0.4, -0.2) is 33.6 Å². The Morgan fingerprint density at radius 3 is 2.67 bits per heavy atom. The predicted molar refractivity (Wildman–Crippen MR) is 95.1 cm³/mol. The van der Waals surface area contributed by atoms with Gasteiger partial charge in [0.15, 0.2) is 21.3 Å². The Balaban J connectivity index is 1.86. The van der Waals surface area contributed by atoms with Gasteiger partial charge in [-0.3, -0.25) is 9.59 Å². The molecule has 0 saturated carbocycles. The zero-order valence-electron chi connectivity index (χ0n) is 14.1. The Kier molecular flexibility index (Phi) is 4.03. The highest BCUT2D eigenvalue weighted by molar-refractivity contribution is 7.92. The maximum atomic E-state index is 13.3. The van der Waals surface area contributed by atoms with Crippen molar-refractivity contribution in [3.63, 3.8) is 0 Å².